The number of furan rings is 1. The molecule has 1 saturated carbocycles. The lowest BCUT2D eigenvalue weighted by Crippen LogP contribution is -2.40. The predicted octanol–water partition coefficient (Wildman–Crippen LogP) is 4.15. The van der Waals surface area contributed by atoms with E-state index in [0.29, 0.717) is 5.41 Å². The summed E-state index contributed by atoms with van der Waals surface area (Å²) in [6, 6.07) is 3.92. The second-order valence-electron chi connectivity index (χ2n) is 7.18. The van der Waals surface area contributed by atoms with Gasteiger partial charge in [0.25, 0.3) is 0 Å². The van der Waals surface area contributed by atoms with Crippen LogP contribution in [0.5, 0.6) is 0 Å². The van der Waals surface area contributed by atoms with Gasteiger partial charge in [0.2, 0.25) is 0 Å². The molecule has 0 aliphatic heterocycles. The van der Waals surface area contributed by atoms with Crippen LogP contribution in [0.25, 0.3) is 0 Å². The number of rotatable bonds is 10. The first-order valence-electron chi connectivity index (χ1n) is 9.31. The van der Waals surface area contributed by atoms with Crippen molar-refractivity contribution in [2.24, 2.45) is 10.4 Å². The molecule has 1 fully saturated rings. The molecule has 1 aliphatic rings. The lowest BCUT2D eigenvalue weighted by molar-refractivity contribution is 0.141. The van der Waals surface area contributed by atoms with E-state index in [1.807, 2.05) is 19.1 Å². The summed E-state index contributed by atoms with van der Waals surface area (Å²) in [7, 11) is 1.78. The molecule has 0 amide bonds. The first-order chi connectivity index (χ1) is 12.1. The molecule has 0 unspecified atom stereocenters. The summed E-state index contributed by atoms with van der Waals surface area (Å²) >= 11 is 0. The third-order valence-electron chi connectivity index (χ3n) is 4.87. The molecule has 1 heterocycles. The molecule has 2 N–H and O–H groups in total. The summed E-state index contributed by atoms with van der Waals surface area (Å²) in [5, 5.41) is 6.79. The fourth-order valence-electron chi connectivity index (χ4n) is 3.35. The molecule has 1 aliphatic carbocycles. The normalized spacial score (nSPS) is 16.2. The second kappa shape index (κ2) is 12.4. The summed E-state index contributed by atoms with van der Waals surface area (Å²) < 4.78 is 10.7. The Kier molecular flexibility index (Phi) is 11.0. The van der Waals surface area contributed by atoms with Crippen molar-refractivity contribution in [3.05, 3.63) is 36.3 Å². The van der Waals surface area contributed by atoms with Gasteiger partial charge in [-0.25, -0.2) is 0 Å². The highest BCUT2D eigenvalue weighted by Gasteiger charge is 2.33. The molecular formula is C20H34IN3O2. The van der Waals surface area contributed by atoms with Gasteiger partial charge < -0.3 is 19.8 Å². The number of ether oxygens (including phenoxy) is 1. The van der Waals surface area contributed by atoms with Crippen molar-refractivity contribution in [3.63, 3.8) is 0 Å². The Morgan fingerprint density at radius 3 is 2.73 bits per heavy atom. The Balaban J connectivity index is 0.00000338. The standard InChI is InChI=1S/C20H33N3O2.HI/c1-17(2)15-22-19(21-12-8-18-7-6-13-25-18)23-16-20(11-14-24-3)9-4-5-10-20;/h6-7,13H,1,4-5,8-12,14-16H2,2-3H3,(H2,21,22,23);1H. The molecule has 148 valence electrons. The highest BCUT2D eigenvalue weighted by molar-refractivity contribution is 14.0. The van der Waals surface area contributed by atoms with Crippen LogP contribution in [0.4, 0.5) is 0 Å². The van der Waals surface area contributed by atoms with Gasteiger partial charge in [0.15, 0.2) is 5.96 Å². The van der Waals surface area contributed by atoms with Crippen LogP contribution in [0.3, 0.4) is 0 Å². The zero-order chi connectivity index (χ0) is 18.0. The van der Waals surface area contributed by atoms with Gasteiger partial charge in [0.1, 0.15) is 5.76 Å². The maximum atomic E-state index is 5.39. The van der Waals surface area contributed by atoms with E-state index in [9.17, 15) is 0 Å². The van der Waals surface area contributed by atoms with E-state index in [4.69, 9.17) is 14.1 Å². The van der Waals surface area contributed by atoms with Crippen molar-refractivity contribution in [2.75, 3.05) is 33.4 Å². The number of halogens is 1. The molecule has 0 radical (unpaired) electrons. The number of aliphatic imine (C=N–C) groups is 1. The molecule has 5 nitrogen and oxygen atoms in total. The van der Waals surface area contributed by atoms with Gasteiger partial charge in [-0.2, -0.15) is 0 Å². The zero-order valence-corrected chi connectivity index (χ0v) is 18.5. The van der Waals surface area contributed by atoms with Crippen LogP contribution in [0.1, 0.15) is 44.8 Å². The first kappa shape index (κ1) is 23.0. The van der Waals surface area contributed by atoms with Crippen LogP contribution >= 0.6 is 24.0 Å². The lowest BCUT2D eigenvalue weighted by Gasteiger charge is -2.27. The van der Waals surface area contributed by atoms with E-state index in [1.54, 1.807) is 13.4 Å². The molecule has 0 saturated heterocycles. The topological polar surface area (TPSA) is 58.8 Å². The summed E-state index contributed by atoms with van der Waals surface area (Å²) in [5.74, 6) is 1.84. The molecule has 0 aromatic carbocycles. The average molecular weight is 475 g/mol. The van der Waals surface area contributed by atoms with Crippen LogP contribution in [-0.4, -0.2) is 39.3 Å². The van der Waals surface area contributed by atoms with E-state index in [2.05, 4.69) is 17.2 Å². The fourth-order valence-corrected chi connectivity index (χ4v) is 3.35. The van der Waals surface area contributed by atoms with Crippen molar-refractivity contribution in [3.8, 4) is 0 Å². The number of hydrogen-bond acceptors (Lipinski definition) is 3. The number of hydrogen-bond donors (Lipinski definition) is 2. The van der Waals surface area contributed by atoms with E-state index >= 15 is 0 Å². The monoisotopic (exact) mass is 475 g/mol. The summed E-state index contributed by atoms with van der Waals surface area (Å²) in [6.45, 7) is 9.17. The van der Waals surface area contributed by atoms with Gasteiger partial charge in [-0.15, -0.1) is 24.0 Å². The van der Waals surface area contributed by atoms with Crippen molar-refractivity contribution < 1.29 is 9.15 Å². The van der Waals surface area contributed by atoms with Crippen LogP contribution in [0.2, 0.25) is 0 Å². The molecule has 0 atom stereocenters. The van der Waals surface area contributed by atoms with Gasteiger partial charge in [-0.1, -0.05) is 25.0 Å². The van der Waals surface area contributed by atoms with Crippen molar-refractivity contribution in [2.45, 2.75) is 45.4 Å². The van der Waals surface area contributed by atoms with Gasteiger partial charge in [-0.3, -0.25) is 4.99 Å². The Morgan fingerprint density at radius 1 is 1.35 bits per heavy atom. The van der Waals surface area contributed by atoms with Crippen molar-refractivity contribution in [1.29, 1.82) is 0 Å². The Bertz CT molecular complexity index is 537. The molecule has 6 heteroatoms. The van der Waals surface area contributed by atoms with E-state index in [1.165, 1.54) is 25.7 Å². The van der Waals surface area contributed by atoms with Crippen molar-refractivity contribution >= 4 is 29.9 Å². The molecule has 2 rings (SSSR count). The van der Waals surface area contributed by atoms with Gasteiger partial charge in [0, 0.05) is 39.8 Å². The van der Waals surface area contributed by atoms with Crippen molar-refractivity contribution in [1.82, 2.24) is 10.6 Å². The number of guanidine groups is 1. The SMILES string of the molecule is C=C(C)CNC(=NCC1(CCOC)CCCC1)NCCc1ccco1.I. The number of nitrogens with one attached hydrogen (secondary N) is 2. The van der Waals surface area contributed by atoms with Crippen LogP contribution in [-0.2, 0) is 11.2 Å². The lowest BCUT2D eigenvalue weighted by atomic mass is 9.83. The predicted molar refractivity (Wildman–Crippen MR) is 118 cm³/mol. The van der Waals surface area contributed by atoms with Crippen LogP contribution in [0.15, 0.2) is 40.0 Å². The summed E-state index contributed by atoms with van der Waals surface area (Å²) in [5.41, 5.74) is 1.39. The van der Waals surface area contributed by atoms with Gasteiger partial charge in [-0.05, 0) is 43.7 Å². The van der Waals surface area contributed by atoms with E-state index in [0.717, 1.165) is 56.4 Å². The summed E-state index contributed by atoms with van der Waals surface area (Å²) in [4.78, 5) is 4.89. The quantitative estimate of drug-likeness (QED) is 0.231. The number of methoxy groups -OCH3 is 1. The number of nitrogens with zero attached hydrogens (tertiary/aromatic N) is 1. The maximum Gasteiger partial charge on any atom is 0.191 e. The van der Waals surface area contributed by atoms with E-state index < -0.39 is 0 Å². The maximum absolute atomic E-state index is 5.39. The molecule has 0 spiro atoms. The molecule has 26 heavy (non-hydrogen) atoms. The van der Waals surface area contributed by atoms with Crippen LogP contribution in [0, 0.1) is 5.41 Å². The third-order valence-corrected chi connectivity index (χ3v) is 4.87. The largest absolute Gasteiger partial charge is 0.469 e. The highest BCUT2D eigenvalue weighted by Crippen LogP contribution is 2.41. The van der Waals surface area contributed by atoms with Gasteiger partial charge >= 0.3 is 0 Å². The minimum Gasteiger partial charge on any atom is -0.469 e. The second-order valence-corrected chi connectivity index (χ2v) is 7.18. The molecular weight excluding hydrogens is 441 g/mol. The Hall–Kier alpha value is -1.02. The Morgan fingerprint density at radius 2 is 2.12 bits per heavy atom. The minimum atomic E-state index is 0. The first-order valence-corrected chi connectivity index (χ1v) is 9.31. The highest BCUT2D eigenvalue weighted by atomic mass is 127. The molecule has 0 bridgehead atoms. The molecule has 1 aromatic rings. The smallest absolute Gasteiger partial charge is 0.191 e. The van der Waals surface area contributed by atoms with E-state index in [-0.39, 0.29) is 24.0 Å². The fraction of sp³-hybridized carbons (Fsp3) is 0.650. The van der Waals surface area contributed by atoms with Gasteiger partial charge in [0.05, 0.1) is 6.26 Å². The zero-order valence-electron chi connectivity index (χ0n) is 16.2. The summed E-state index contributed by atoms with van der Waals surface area (Å²) in [6.07, 6.45) is 8.76. The average Bonchev–Trinajstić information content (AvgIpc) is 3.27. The molecule has 1 aromatic heterocycles. The Labute approximate surface area is 175 Å². The minimum absolute atomic E-state index is 0. The third kappa shape index (κ3) is 8.12. The van der Waals surface area contributed by atoms with Crippen LogP contribution < -0.4 is 10.6 Å².